The van der Waals surface area contributed by atoms with E-state index in [1.54, 1.807) is 11.3 Å². The second kappa shape index (κ2) is 7.60. The lowest BCUT2D eigenvalue weighted by Gasteiger charge is -2.23. The molecule has 0 bridgehead atoms. The van der Waals surface area contributed by atoms with Gasteiger partial charge in [0.05, 0.1) is 5.54 Å². The zero-order chi connectivity index (χ0) is 14.3. The molecular formula is C14H25N3OS. The van der Waals surface area contributed by atoms with Crippen molar-refractivity contribution in [2.75, 3.05) is 6.54 Å². The Bertz CT molecular complexity index is 401. The van der Waals surface area contributed by atoms with Crippen molar-refractivity contribution in [3.63, 3.8) is 0 Å². The molecule has 0 unspecified atom stereocenters. The molecule has 0 saturated carbocycles. The van der Waals surface area contributed by atoms with E-state index in [9.17, 15) is 4.79 Å². The van der Waals surface area contributed by atoms with E-state index in [-0.39, 0.29) is 11.4 Å². The van der Waals surface area contributed by atoms with Crippen molar-refractivity contribution in [1.82, 2.24) is 10.3 Å². The van der Waals surface area contributed by atoms with Crippen molar-refractivity contribution in [2.24, 2.45) is 5.73 Å². The fraction of sp³-hybridized carbons (Fsp3) is 0.714. The zero-order valence-electron chi connectivity index (χ0n) is 12.2. The predicted octanol–water partition coefficient (Wildman–Crippen LogP) is 2.71. The molecule has 0 aliphatic carbocycles. The number of rotatable bonds is 8. The summed E-state index contributed by atoms with van der Waals surface area (Å²) < 4.78 is 0. The number of thiazole rings is 1. The van der Waals surface area contributed by atoms with Crippen LogP contribution in [-0.4, -0.2) is 17.4 Å². The van der Waals surface area contributed by atoms with Gasteiger partial charge in [0, 0.05) is 17.5 Å². The predicted molar refractivity (Wildman–Crippen MR) is 80.2 cm³/mol. The molecule has 0 aliphatic heterocycles. The Hall–Kier alpha value is -0.940. The average molecular weight is 283 g/mol. The Morgan fingerprint density at radius 2 is 2.05 bits per heavy atom. The fourth-order valence-corrected chi connectivity index (χ4v) is 2.77. The van der Waals surface area contributed by atoms with Gasteiger partial charge in [-0.05, 0) is 40.2 Å². The molecular weight excluding hydrogens is 258 g/mol. The number of nitrogens with zero attached hydrogens (tertiary/aromatic N) is 1. The quantitative estimate of drug-likeness (QED) is 0.721. The van der Waals surface area contributed by atoms with E-state index in [2.05, 4.69) is 10.3 Å². The number of aryl methyl sites for hydroxylation is 1. The number of carbonyl (C=O) groups excluding carboxylic acids is 1. The van der Waals surface area contributed by atoms with Crippen molar-refractivity contribution in [3.05, 3.63) is 16.1 Å². The van der Waals surface area contributed by atoms with Crippen LogP contribution in [0.25, 0.3) is 0 Å². The van der Waals surface area contributed by atoms with Crippen LogP contribution in [0.1, 0.15) is 56.7 Å². The van der Waals surface area contributed by atoms with Gasteiger partial charge in [-0.1, -0.05) is 12.8 Å². The standard InChI is InChI=1S/C14H25N3OS/c1-11-10-19-13(16-11)14(2,3)17-12(18)8-6-4-5-7-9-15/h10H,4-9,15H2,1-3H3,(H,17,18). The van der Waals surface area contributed by atoms with E-state index < -0.39 is 0 Å². The van der Waals surface area contributed by atoms with Gasteiger partial charge in [0.2, 0.25) is 5.91 Å². The number of hydrogen-bond acceptors (Lipinski definition) is 4. The second-order valence-corrected chi connectivity index (χ2v) is 6.28. The SMILES string of the molecule is Cc1csc(C(C)(C)NC(=O)CCCCCCN)n1. The van der Waals surface area contributed by atoms with Crippen molar-refractivity contribution in [1.29, 1.82) is 0 Å². The topological polar surface area (TPSA) is 68.0 Å². The summed E-state index contributed by atoms with van der Waals surface area (Å²) in [5.74, 6) is 0.102. The van der Waals surface area contributed by atoms with E-state index in [1.165, 1.54) is 0 Å². The minimum Gasteiger partial charge on any atom is -0.345 e. The van der Waals surface area contributed by atoms with Gasteiger partial charge < -0.3 is 11.1 Å². The van der Waals surface area contributed by atoms with Gasteiger partial charge in [-0.25, -0.2) is 4.98 Å². The summed E-state index contributed by atoms with van der Waals surface area (Å²) >= 11 is 1.59. The van der Waals surface area contributed by atoms with Gasteiger partial charge in [-0.15, -0.1) is 11.3 Å². The number of nitrogens with two attached hydrogens (primary N) is 1. The van der Waals surface area contributed by atoms with Crippen LogP contribution in [0.2, 0.25) is 0 Å². The Kier molecular flexibility index (Phi) is 6.45. The number of nitrogens with one attached hydrogen (secondary N) is 1. The molecule has 3 N–H and O–H groups in total. The maximum absolute atomic E-state index is 11.9. The van der Waals surface area contributed by atoms with Crippen LogP contribution in [0.4, 0.5) is 0 Å². The smallest absolute Gasteiger partial charge is 0.220 e. The summed E-state index contributed by atoms with van der Waals surface area (Å²) in [6.45, 7) is 6.70. The lowest BCUT2D eigenvalue weighted by molar-refractivity contribution is -0.122. The van der Waals surface area contributed by atoms with Gasteiger partial charge in [-0.3, -0.25) is 4.79 Å². The van der Waals surface area contributed by atoms with Crippen LogP contribution in [0, 0.1) is 6.92 Å². The molecule has 0 spiro atoms. The van der Waals surface area contributed by atoms with Gasteiger partial charge in [-0.2, -0.15) is 0 Å². The average Bonchev–Trinajstić information content (AvgIpc) is 2.76. The van der Waals surface area contributed by atoms with Crippen LogP contribution >= 0.6 is 11.3 Å². The van der Waals surface area contributed by atoms with Crippen LogP contribution < -0.4 is 11.1 Å². The molecule has 4 nitrogen and oxygen atoms in total. The third-order valence-corrected chi connectivity index (χ3v) is 4.25. The van der Waals surface area contributed by atoms with Crippen molar-refractivity contribution in [3.8, 4) is 0 Å². The number of unbranched alkanes of at least 4 members (excludes halogenated alkanes) is 3. The van der Waals surface area contributed by atoms with E-state index >= 15 is 0 Å². The zero-order valence-corrected chi connectivity index (χ0v) is 13.0. The summed E-state index contributed by atoms with van der Waals surface area (Å²) in [6.07, 6.45) is 4.74. The first-order valence-electron chi connectivity index (χ1n) is 6.89. The van der Waals surface area contributed by atoms with Crippen molar-refractivity contribution in [2.45, 2.75) is 58.4 Å². The molecule has 0 aliphatic rings. The highest BCUT2D eigenvalue weighted by molar-refractivity contribution is 7.09. The number of amides is 1. The first-order chi connectivity index (χ1) is 8.95. The Labute approximate surface area is 119 Å². The molecule has 1 aromatic rings. The van der Waals surface area contributed by atoms with Gasteiger partial charge >= 0.3 is 0 Å². The Balaban J connectivity index is 2.34. The normalized spacial score (nSPS) is 11.6. The minimum absolute atomic E-state index is 0.102. The van der Waals surface area contributed by atoms with E-state index in [1.807, 2.05) is 26.2 Å². The summed E-state index contributed by atoms with van der Waals surface area (Å²) in [4.78, 5) is 16.4. The molecule has 0 radical (unpaired) electrons. The molecule has 1 amide bonds. The van der Waals surface area contributed by atoms with Gasteiger partial charge in [0.15, 0.2) is 0 Å². The third kappa shape index (κ3) is 5.70. The molecule has 0 saturated heterocycles. The highest BCUT2D eigenvalue weighted by Crippen LogP contribution is 2.23. The van der Waals surface area contributed by atoms with E-state index in [0.29, 0.717) is 6.42 Å². The monoisotopic (exact) mass is 283 g/mol. The number of carbonyl (C=O) groups is 1. The van der Waals surface area contributed by atoms with Crippen LogP contribution in [-0.2, 0) is 10.3 Å². The van der Waals surface area contributed by atoms with Crippen LogP contribution in [0.15, 0.2) is 5.38 Å². The first kappa shape index (κ1) is 16.1. The first-order valence-corrected chi connectivity index (χ1v) is 7.77. The Morgan fingerprint density at radius 1 is 1.37 bits per heavy atom. The molecule has 0 atom stereocenters. The largest absolute Gasteiger partial charge is 0.345 e. The lowest BCUT2D eigenvalue weighted by Crippen LogP contribution is -2.40. The molecule has 0 fully saturated rings. The fourth-order valence-electron chi connectivity index (χ4n) is 1.89. The maximum atomic E-state index is 11.9. The second-order valence-electron chi connectivity index (χ2n) is 5.42. The van der Waals surface area contributed by atoms with Crippen LogP contribution in [0.5, 0.6) is 0 Å². The summed E-state index contributed by atoms with van der Waals surface area (Å²) in [5, 5.41) is 6.03. The highest BCUT2D eigenvalue weighted by Gasteiger charge is 2.25. The summed E-state index contributed by atoms with van der Waals surface area (Å²) in [7, 11) is 0. The molecule has 1 aromatic heterocycles. The summed E-state index contributed by atoms with van der Waals surface area (Å²) in [5.41, 5.74) is 6.06. The molecule has 5 heteroatoms. The summed E-state index contributed by atoms with van der Waals surface area (Å²) in [6, 6.07) is 0. The minimum atomic E-state index is -0.382. The molecule has 1 rings (SSSR count). The molecule has 0 aromatic carbocycles. The molecule has 19 heavy (non-hydrogen) atoms. The third-order valence-electron chi connectivity index (χ3n) is 2.96. The molecule has 108 valence electrons. The van der Waals surface area contributed by atoms with Gasteiger partial charge in [0.1, 0.15) is 5.01 Å². The number of aromatic nitrogens is 1. The molecule has 1 heterocycles. The maximum Gasteiger partial charge on any atom is 0.220 e. The van der Waals surface area contributed by atoms with Crippen LogP contribution in [0.3, 0.4) is 0 Å². The van der Waals surface area contributed by atoms with Gasteiger partial charge in [0.25, 0.3) is 0 Å². The number of hydrogen-bond donors (Lipinski definition) is 2. The van der Waals surface area contributed by atoms with E-state index in [4.69, 9.17) is 5.73 Å². The lowest BCUT2D eigenvalue weighted by atomic mass is 10.1. The highest BCUT2D eigenvalue weighted by atomic mass is 32.1. The van der Waals surface area contributed by atoms with E-state index in [0.717, 1.165) is 42.9 Å². The van der Waals surface area contributed by atoms with Crippen molar-refractivity contribution >= 4 is 17.2 Å². The Morgan fingerprint density at radius 3 is 2.63 bits per heavy atom. The van der Waals surface area contributed by atoms with Crippen molar-refractivity contribution < 1.29 is 4.79 Å².